The molecule has 1 saturated heterocycles. The Labute approximate surface area is 187 Å². The van der Waals surface area contributed by atoms with Crippen molar-refractivity contribution >= 4 is 11.9 Å². The van der Waals surface area contributed by atoms with E-state index in [9.17, 15) is 24.3 Å². The van der Waals surface area contributed by atoms with Gasteiger partial charge < -0.3 is 19.3 Å². The Morgan fingerprint density at radius 2 is 1.55 bits per heavy atom. The standard InChI is InChI=1S/C23H20N2O8/c26-17-11-12-25(23(30)24-17)20-18(27)19(33-22(29)15-9-5-2-6-10-15)16(32-20)13-31-21(28)14-7-3-1-4-8-14/h1-12,16,18-20,27H,13H2,(H,24,26,30)/t16-,18?,19?,20+/m0/s1. The van der Waals surface area contributed by atoms with Gasteiger partial charge in [-0.15, -0.1) is 0 Å². The van der Waals surface area contributed by atoms with Gasteiger partial charge in [-0.05, 0) is 24.3 Å². The summed E-state index contributed by atoms with van der Waals surface area (Å²) in [6.07, 6.45) is -3.96. The number of hydrogen-bond donors (Lipinski definition) is 2. The minimum atomic E-state index is -1.48. The number of carbonyl (C=O) groups is 2. The Kier molecular flexibility index (Phi) is 6.48. The predicted molar refractivity (Wildman–Crippen MR) is 114 cm³/mol. The Morgan fingerprint density at radius 1 is 0.939 bits per heavy atom. The van der Waals surface area contributed by atoms with Crippen LogP contribution in [0, 0.1) is 0 Å². The maximum atomic E-state index is 12.6. The van der Waals surface area contributed by atoms with E-state index in [1.54, 1.807) is 60.7 Å². The van der Waals surface area contributed by atoms with Gasteiger partial charge in [0.25, 0.3) is 5.56 Å². The normalized spacial score (nSPS) is 22.0. The summed E-state index contributed by atoms with van der Waals surface area (Å²) < 4.78 is 17.5. The molecule has 1 aromatic heterocycles. The number of esters is 2. The number of aliphatic hydroxyl groups excluding tert-OH is 1. The molecule has 4 atom stereocenters. The Balaban J connectivity index is 1.56. The first kappa shape index (κ1) is 22.2. The summed E-state index contributed by atoms with van der Waals surface area (Å²) in [6.45, 7) is -0.355. The van der Waals surface area contributed by atoms with Crippen LogP contribution in [0.15, 0.2) is 82.5 Å². The van der Waals surface area contributed by atoms with Crippen molar-refractivity contribution in [2.45, 2.75) is 24.5 Å². The molecule has 2 aromatic carbocycles. The summed E-state index contributed by atoms with van der Waals surface area (Å²) in [7, 11) is 0. The van der Waals surface area contributed by atoms with Crippen LogP contribution in [0.1, 0.15) is 26.9 Å². The average molecular weight is 452 g/mol. The third-order valence-electron chi connectivity index (χ3n) is 5.08. The highest BCUT2D eigenvalue weighted by molar-refractivity contribution is 5.90. The van der Waals surface area contributed by atoms with Crippen LogP contribution in [0.4, 0.5) is 0 Å². The summed E-state index contributed by atoms with van der Waals surface area (Å²) in [4.78, 5) is 50.6. The molecule has 170 valence electrons. The van der Waals surface area contributed by atoms with Crippen molar-refractivity contribution in [2.75, 3.05) is 6.61 Å². The third kappa shape index (κ3) is 4.92. The van der Waals surface area contributed by atoms with Crippen LogP contribution in [-0.2, 0) is 14.2 Å². The van der Waals surface area contributed by atoms with Gasteiger partial charge in [-0.3, -0.25) is 14.3 Å². The smallest absolute Gasteiger partial charge is 0.338 e. The number of carbonyl (C=O) groups excluding carboxylic acids is 2. The second-order valence-corrected chi connectivity index (χ2v) is 7.27. The van der Waals surface area contributed by atoms with Crippen LogP contribution < -0.4 is 11.2 Å². The van der Waals surface area contributed by atoms with Crippen molar-refractivity contribution in [1.29, 1.82) is 0 Å². The lowest BCUT2D eigenvalue weighted by Gasteiger charge is -2.20. The van der Waals surface area contributed by atoms with Gasteiger partial charge in [-0.25, -0.2) is 14.4 Å². The molecular weight excluding hydrogens is 432 g/mol. The van der Waals surface area contributed by atoms with Gasteiger partial charge in [0.2, 0.25) is 0 Å². The van der Waals surface area contributed by atoms with Gasteiger partial charge in [-0.1, -0.05) is 36.4 Å². The molecule has 1 aliphatic heterocycles. The zero-order valence-corrected chi connectivity index (χ0v) is 17.2. The number of aliphatic hydroxyl groups is 1. The number of aromatic amines is 1. The number of ether oxygens (including phenoxy) is 3. The van der Waals surface area contributed by atoms with E-state index in [-0.39, 0.29) is 12.2 Å². The van der Waals surface area contributed by atoms with E-state index in [1.807, 2.05) is 0 Å². The van der Waals surface area contributed by atoms with E-state index in [2.05, 4.69) is 4.98 Å². The lowest BCUT2D eigenvalue weighted by atomic mass is 10.1. The van der Waals surface area contributed by atoms with Crippen LogP contribution in [-0.4, -0.2) is 51.5 Å². The van der Waals surface area contributed by atoms with Crippen LogP contribution in [0.5, 0.6) is 0 Å². The molecule has 1 aliphatic rings. The van der Waals surface area contributed by atoms with Gasteiger partial charge in [0.1, 0.15) is 18.8 Å². The number of H-pyrrole nitrogens is 1. The largest absolute Gasteiger partial charge is 0.459 e. The zero-order chi connectivity index (χ0) is 23.4. The molecule has 0 aliphatic carbocycles. The van der Waals surface area contributed by atoms with E-state index in [0.717, 1.165) is 16.8 Å². The van der Waals surface area contributed by atoms with Crippen LogP contribution in [0.25, 0.3) is 0 Å². The van der Waals surface area contributed by atoms with Gasteiger partial charge in [0.05, 0.1) is 11.1 Å². The zero-order valence-electron chi connectivity index (χ0n) is 17.2. The number of hydrogen-bond acceptors (Lipinski definition) is 8. The molecule has 10 nitrogen and oxygen atoms in total. The van der Waals surface area contributed by atoms with Gasteiger partial charge in [0, 0.05) is 12.3 Å². The van der Waals surface area contributed by atoms with Crippen LogP contribution in [0.3, 0.4) is 0 Å². The quantitative estimate of drug-likeness (QED) is 0.526. The lowest BCUT2D eigenvalue weighted by molar-refractivity contribution is -0.0614. The van der Waals surface area contributed by atoms with Crippen molar-refractivity contribution in [3.05, 3.63) is 105 Å². The molecule has 1 fully saturated rings. The minimum absolute atomic E-state index is 0.245. The van der Waals surface area contributed by atoms with Crippen LogP contribution in [0.2, 0.25) is 0 Å². The molecule has 0 bridgehead atoms. The van der Waals surface area contributed by atoms with Gasteiger partial charge in [-0.2, -0.15) is 0 Å². The minimum Gasteiger partial charge on any atom is -0.459 e. The van der Waals surface area contributed by atoms with Crippen molar-refractivity contribution in [1.82, 2.24) is 9.55 Å². The molecule has 33 heavy (non-hydrogen) atoms. The van der Waals surface area contributed by atoms with Crippen LogP contribution >= 0.6 is 0 Å². The lowest BCUT2D eigenvalue weighted by Crippen LogP contribution is -2.40. The molecule has 0 saturated carbocycles. The average Bonchev–Trinajstić information content (AvgIpc) is 3.13. The molecule has 0 spiro atoms. The number of rotatable bonds is 6. The highest BCUT2D eigenvalue weighted by Crippen LogP contribution is 2.31. The monoisotopic (exact) mass is 452 g/mol. The number of nitrogens with zero attached hydrogens (tertiary/aromatic N) is 1. The van der Waals surface area contributed by atoms with E-state index in [4.69, 9.17) is 14.2 Å². The fourth-order valence-electron chi connectivity index (χ4n) is 3.44. The fourth-order valence-corrected chi connectivity index (χ4v) is 3.44. The highest BCUT2D eigenvalue weighted by atomic mass is 16.6. The first-order valence-electron chi connectivity index (χ1n) is 10.1. The summed E-state index contributed by atoms with van der Waals surface area (Å²) in [5, 5.41) is 10.8. The molecule has 4 rings (SSSR count). The second-order valence-electron chi connectivity index (χ2n) is 7.27. The third-order valence-corrected chi connectivity index (χ3v) is 5.08. The number of benzene rings is 2. The number of nitrogens with one attached hydrogen (secondary N) is 1. The summed E-state index contributed by atoms with van der Waals surface area (Å²) in [6, 6.07) is 17.5. The summed E-state index contributed by atoms with van der Waals surface area (Å²) in [5.74, 6) is -1.36. The molecule has 2 N–H and O–H groups in total. The van der Waals surface area contributed by atoms with Crippen molar-refractivity contribution in [2.24, 2.45) is 0 Å². The molecule has 3 aromatic rings. The molecule has 2 unspecified atom stereocenters. The predicted octanol–water partition coefficient (Wildman–Crippen LogP) is 0.878. The van der Waals surface area contributed by atoms with Crippen molar-refractivity contribution < 1.29 is 28.9 Å². The first-order chi connectivity index (χ1) is 15.9. The SMILES string of the molecule is O=C(OC[C@@H]1O[C@@H](n2ccc(=O)[nH]c2=O)C(O)C1OC(=O)c1ccccc1)c1ccccc1. The molecule has 0 radical (unpaired) electrons. The van der Waals surface area contributed by atoms with E-state index in [0.29, 0.717) is 5.56 Å². The van der Waals surface area contributed by atoms with Crippen molar-refractivity contribution in [3.63, 3.8) is 0 Å². The molecule has 0 amide bonds. The Hall–Kier alpha value is -4.02. The maximum Gasteiger partial charge on any atom is 0.338 e. The number of aromatic nitrogens is 2. The van der Waals surface area contributed by atoms with E-state index in [1.165, 1.54) is 0 Å². The van der Waals surface area contributed by atoms with E-state index < -0.39 is 47.7 Å². The Morgan fingerprint density at radius 3 is 2.15 bits per heavy atom. The van der Waals surface area contributed by atoms with E-state index >= 15 is 0 Å². The summed E-state index contributed by atoms with van der Waals surface area (Å²) in [5.41, 5.74) is -0.887. The molecule has 2 heterocycles. The summed E-state index contributed by atoms with van der Waals surface area (Å²) >= 11 is 0. The van der Waals surface area contributed by atoms with Gasteiger partial charge in [0.15, 0.2) is 12.3 Å². The second kappa shape index (κ2) is 9.63. The van der Waals surface area contributed by atoms with Gasteiger partial charge >= 0.3 is 17.6 Å². The Bertz CT molecular complexity index is 1240. The van der Waals surface area contributed by atoms with Crippen molar-refractivity contribution in [3.8, 4) is 0 Å². The first-order valence-corrected chi connectivity index (χ1v) is 10.1. The topological polar surface area (TPSA) is 137 Å². The maximum absolute atomic E-state index is 12.6. The molecule has 10 heteroatoms. The highest BCUT2D eigenvalue weighted by Gasteiger charge is 2.48. The fraction of sp³-hybridized carbons (Fsp3) is 0.217. The molecular formula is C23H20N2O8.